The molecule has 0 atom stereocenters. The number of hydrogen-bond acceptors (Lipinski definition) is 4. The predicted octanol–water partition coefficient (Wildman–Crippen LogP) is 3.06. The highest BCUT2D eigenvalue weighted by atomic mass is 32.1. The molecule has 0 aliphatic heterocycles. The number of carbonyl (C=O) groups excluding carboxylic acids is 1. The summed E-state index contributed by atoms with van der Waals surface area (Å²) in [5.41, 5.74) is 1.05. The second-order valence-electron chi connectivity index (χ2n) is 5.16. The summed E-state index contributed by atoms with van der Waals surface area (Å²) in [6, 6.07) is 11.8. The van der Waals surface area contributed by atoms with E-state index >= 15 is 0 Å². The minimum absolute atomic E-state index is 0.0132. The van der Waals surface area contributed by atoms with Crippen LogP contribution < -0.4 is 10.1 Å². The minimum atomic E-state index is 0.0132. The average Bonchev–Trinajstić information content (AvgIpc) is 3.06. The van der Waals surface area contributed by atoms with E-state index in [9.17, 15) is 4.79 Å². The molecule has 0 saturated heterocycles. The lowest BCUT2D eigenvalue weighted by Gasteiger charge is -2.19. The van der Waals surface area contributed by atoms with Crippen LogP contribution in [0.3, 0.4) is 0 Å². The van der Waals surface area contributed by atoms with Gasteiger partial charge in [-0.15, -0.1) is 17.9 Å². The van der Waals surface area contributed by atoms with Crippen molar-refractivity contribution in [3.63, 3.8) is 0 Å². The SMILES string of the molecule is C=CCN(CC(=O)NCc1ccc(OC)cc1)Cc1cccs1. The van der Waals surface area contributed by atoms with Crippen LogP contribution in [0.15, 0.2) is 54.4 Å². The van der Waals surface area contributed by atoms with Crippen LogP contribution in [0.5, 0.6) is 5.75 Å². The van der Waals surface area contributed by atoms with E-state index in [0.717, 1.165) is 17.9 Å². The molecule has 1 N–H and O–H groups in total. The van der Waals surface area contributed by atoms with Crippen molar-refractivity contribution in [2.24, 2.45) is 0 Å². The molecule has 5 heteroatoms. The minimum Gasteiger partial charge on any atom is -0.497 e. The Hall–Kier alpha value is -2.11. The fourth-order valence-electron chi connectivity index (χ4n) is 2.19. The second-order valence-corrected chi connectivity index (χ2v) is 6.19. The number of ether oxygens (including phenoxy) is 1. The number of carbonyl (C=O) groups is 1. The van der Waals surface area contributed by atoms with Crippen molar-refractivity contribution in [3.05, 3.63) is 64.9 Å². The molecule has 122 valence electrons. The Bertz CT molecular complexity index is 608. The average molecular weight is 330 g/mol. The molecule has 1 aromatic heterocycles. The van der Waals surface area contributed by atoms with E-state index in [1.807, 2.05) is 41.8 Å². The van der Waals surface area contributed by atoms with E-state index in [4.69, 9.17) is 4.74 Å². The standard InChI is InChI=1S/C18H22N2O2S/c1-3-10-20(13-17-5-4-11-23-17)14-18(21)19-12-15-6-8-16(22-2)9-7-15/h3-9,11H,1,10,12-14H2,2H3,(H,19,21). The lowest BCUT2D eigenvalue weighted by atomic mass is 10.2. The third-order valence-electron chi connectivity index (χ3n) is 3.36. The fraction of sp³-hybridized carbons (Fsp3) is 0.278. The molecule has 1 heterocycles. The summed E-state index contributed by atoms with van der Waals surface area (Å²) in [6.07, 6.45) is 1.82. The first-order valence-electron chi connectivity index (χ1n) is 7.46. The van der Waals surface area contributed by atoms with Crippen LogP contribution in [-0.4, -0.2) is 31.0 Å². The van der Waals surface area contributed by atoms with Crippen LogP contribution in [0.4, 0.5) is 0 Å². The first-order valence-corrected chi connectivity index (χ1v) is 8.34. The lowest BCUT2D eigenvalue weighted by Crippen LogP contribution is -2.36. The van der Waals surface area contributed by atoms with Gasteiger partial charge in [0.2, 0.25) is 5.91 Å². The van der Waals surface area contributed by atoms with Crippen molar-refractivity contribution in [1.29, 1.82) is 0 Å². The molecule has 4 nitrogen and oxygen atoms in total. The molecule has 2 aromatic rings. The maximum Gasteiger partial charge on any atom is 0.234 e. The molecule has 2 rings (SSSR count). The normalized spacial score (nSPS) is 10.5. The largest absolute Gasteiger partial charge is 0.497 e. The zero-order chi connectivity index (χ0) is 16.5. The molecular weight excluding hydrogens is 308 g/mol. The molecule has 1 aromatic carbocycles. The number of benzene rings is 1. The van der Waals surface area contributed by atoms with Crippen molar-refractivity contribution in [2.45, 2.75) is 13.1 Å². The molecule has 0 aliphatic rings. The van der Waals surface area contributed by atoms with Gasteiger partial charge in [-0.2, -0.15) is 0 Å². The van der Waals surface area contributed by atoms with Gasteiger partial charge in [0.1, 0.15) is 5.75 Å². The molecule has 23 heavy (non-hydrogen) atoms. The van der Waals surface area contributed by atoms with E-state index in [0.29, 0.717) is 19.6 Å². The zero-order valence-electron chi connectivity index (χ0n) is 13.3. The monoisotopic (exact) mass is 330 g/mol. The highest BCUT2D eigenvalue weighted by Gasteiger charge is 2.10. The summed E-state index contributed by atoms with van der Waals surface area (Å²) in [6.45, 7) is 6.10. The number of thiophene rings is 1. The van der Waals surface area contributed by atoms with Gasteiger partial charge < -0.3 is 10.1 Å². The number of nitrogens with zero attached hydrogens (tertiary/aromatic N) is 1. The first kappa shape index (κ1) is 17.2. The number of amides is 1. The maximum atomic E-state index is 12.1. The number of nitrogens with one attached hydrogen (secondary N) is 1. The van der Waals surface area contributed by atoms with Crippen LogP contribution >= 0.6 is 11.3 Å². The molecular formula is C18H22N2O2S. The third-order valence-corrected chi connectivity index (χ3v) is 4.22. The van der Waals surface area contributed by atoms with Gasteiger partial charge in [-0.05, 0) is 29.1 Å². The highest BCUT2D eigenvalue weighted by molar-refractivity contribution is 7.09. The Balaban J connectivity index is 1.82. The number of rotatable bonds is 9. The first-order chi connectivity index (χ1) is 11.2. The second kappa shape index (κ2) is 9.12. The van der Waals surface area contributed by atoms with E-state index in [1.54, 1.807) is 18.4 Å². The van der Waals surface area contributed by atoms with E-state index in [-0.39, 0.29) is 5.91 Å². The maximum absolute atomic E-state index is 12.1. The van der Waals surface area contributed by atoms with E-state index in [2.05, 4.69) is 22.9 Å². The van der Waals surface area contributed by atoms with Crippen molar-refractivity contribution >= 4 is 17.2 Å². The van der Waals surface area contributed by atoms with Crippen LogP contribution in [0, 0.1) is 0 Å². The molecule has 0 radical (unpaired) electrons. The fourth-order valence-corrected chi connectivity index (χ4v) is 2.94. The Kier molecular flexibility index (Phi) is 6.84. The summed E-state index contributed by atoms with van der Waals surface area (Å²) in [5.74, 6) is 0.826. The number of hydrogen-bond donors (Lipinski definition) is 1. The smallest absolute Gasteiger partial charge is 0.234 e. The Morgan fingerprint density at radius 2 is 2.13 bits per heavy atom. The van der Waals surface area contributed by atoms with Gasteiger partial charge in [-0.1, -0.05) is 24.3 Å². The third kappa shape index (κ3) is 5.88. The van der Waals surface area contributed by atoms with Gasteiger partial charge in [0.05, 0.1) is 13.7 Å². The van der Waals surface area contributed by atoms with Crippen molar-refractivity contribution in [2.75, 3.05) is 20.2 Å². The van der Waals surface area contributed by atoms with Gasteiger partial charge in [-0.25, -0.2) is 0 Å². The van der Waals surface area contributed by atoms with Gasteiger partial charge in [-0.3, -0.25) is 9.69 Å². The summed E-state index contributed by atoms with van der Waals surface area (Å²) < 4.78 is 5.12. The van der Waals surface area contributed by atoms with Crippen LogP contribution in [0.1, 0.15) is 10.4 Å². The molecule has 0 fully saturated rings. The quantitative estimate of drug-likeness (QED) is 0.719. The van der Waals surface area contributed by atoms with Gasteiger partial charge in [0.15, 0.2) is 0 Å². The van der Waals surface area contributed by atoms with Gasteiger partial charge >= 0.3 is 0 Å². The lowest BCUT2D eigenvalue weighted by molar-refractivity contribution is -0.122. The Labute approximate surface area is 141 Å². The molecule has 0 saturated carbocycles. The van der Waals surface area contributed by atoms with Gasteiger partial charge in [0.25, 0.3) is 0 Å². The Morgan fingerprint density at radius 1 is 1.35 bits per heavy atom. The van der Waals surface area contributed by atoms with Crippen LogP contribution in [0.2, 0.25) is 0 Å². The van der Waals surface area contributed by atoms with E-state index < -0.39 is 0 Å². The zero-order valence-corrected chi connectivity index (χ0v) is 14.1. The number of methoxy groups -OCH3 is 1. The molecule has 0 spiro atoms. The summed E-state index contributed by atoms with van der Waals surface area (Å²) in [4.78, 5) is 15.5. The summed E-state index contributed by atoms with van der Waals surface area (Å²) >= 11 is 1.70. The van der Waals surface area contributed by atoms with Crippen molar-refractivity contribution in [1.82, 2.24) is 10.2 Å². The van der Waals surface area contributed by atoms with E-state index in [1.165, 1.54) is 4.88 Å². The molecule has 1 amide bonds. The predicted molar refractivity (Wildman–Crippen MR) is 94.6 cm³/mol. The molecule has 0 aliphatic carbocycles. The highest BCUT2D eigenvalue weighted by Crippen LogP contribution is 2.12. The summed E-state index contributed by atoms with van der Waals surface area (Å²) in [5, 5.41) is 5.00. The van der Waals surface area contributed by atoms with Crippen molar-refractivity contribution < 1.29 is 9.53 Å². The Morgan fingerprint density at radius 3 is 2.74 bits per heavy atom. The van der Waals surface area contributed by atoms with Crippen LogP contribution in [0.25, 0.3) is 0 Å². The summed E-state index contributed by atoms with van der Waals surface area (Å²) in [7, 11) is 1.64. The van der Waals surface area contributed by atoms with Crippen molar-refractivity contribution in [3.8, 4) is 5.75 Å². The van der Waals surface area contributed by atoms with Gasteiger partial charge in [0, 0.05) is 24.5 Å². The van der Waals surface area contributed by atoms with Crippen LogP contribution in [-0.2, 0) is 17.9 Å². The molecule has 0 bridgehead atoms. The molecule has 0 unspecified atom stereocenters. The topological polar surface area (TPSA) is 41.6 Å².